The highest BCUT2D eigenvalue weighted by atomic mass is 35.5. The Morgan fingerprint density at radius 1 is 1.39 bits per heavy atom. The van der Waals surface area contributed by atoms with Crippen molar-refractivity contribution in [1.82, 2.24) is 20.4 Å². The summed E-state index contributed by atoms with van der Waals surface area (Å²) < 4.78 is 6.20. The molecule has 8 nitrogen and oxygen atoms in total. The van der Waals surface area contributed by atoms with Crippen LogP contribution in [0.1, 0.15) is 38.6 Å². The van der Waals surface area contributed by atoms with Crippen molar-refractivity contribution >= 4 is 35.6 Å². The van der Waals surface area contributed by atoms with Crippen LogP contribution in [0.5, 0.6) is 0 Å². The van der Waals surface area contributed by atoms with Gasteiger partial charge in [-0.3, -0.25) is 14.7 Å². The molecule has 2 aliphatic rings. The number of nitrogens with one attached hydrogen (secondary N) is 2. The third-order valence-corrected chi connectivity index (χ3v) is 6.52. The fourth-order valence-corrected chi connectivity index (χ4v) is 4.98. The number of thiophene rings is 1. The van der Waals surface area contributed by atoms with Gasteiger partial charge in [-0.05, 0) is 30.5 Å². The SMILES string of the molecule is Cl.NCC(=O)N1CCC2(CC1)OCCc1sc(C(=O)NCc3ccn[nH]3)cc12. The zero-order chi connectivity index (χ0) is 18.9. The number of likely N-dealkylation sites (tertiary alicyclic amines) is 1. The van der Waals surface area contributed by atoms with Crippen LogP contribution in [0.25, 0.3) is 0 Å². The Morgan fingerprint density at radius 3 is 2.86 bits per heavy atom. The van der Waals surface area contributed by atoms with Crippen molar-refractivity contribution in [1.29, 1.82) is 0 Å². The number of amides is 2. The van der Waals surface area contributed by atoms with Gasteiger partial charge in [0.1, 0.15) is 0 Å². The Bertz CT molecular complexity index is 830. The zero-order valence-corrected chi connectivity index (χ0v) is 17.0. The summed E-state index contributed by atoms with van der Waals surface area (Å²) >= 11 is 1.54. The van der Waals surface area contributed by atoms with Gasteiger partial charge in [0.2, 0.25) is 5.91 Å². The number of hydrogen-bond donors (Lipinski definition) is 3. The molecule has 0 saturated carbocycles. The number of fused-ring (bicyclic) bond motifs is 2. The number of rotatable bonds is 4. The lowest BCUT2D eigenvalue weighted by atomic mass is 9.82. The molecular formula is C18H24ClN5O3S. The van der Waals surface area contributed by atoms with Crippen LogP contribution in [0.4, 0.5) is 0 Å². The summed E-state index contributed by atoms with van der Waals surface area (Å²) in [6, 6.07) is 3.81. The van der Waals surface area contributed by atoms with Gasteiger partial charge in [0.05, 0.1) is 35.9 Å². The minimum absolute atomic E-state index is 0. The smallest absolute Gasteiger partial charge is 0.261 e. The van der Waals surface area contributed by atoms with Crippen LogP contribution in [0, 0.1) is 0 Å². The van der Waals surface area contributed by atoms with E-state index in [0.717, 1.165) is 30.5 Å². The van der Waals surface area contributed by atoms with E-state index in [2.05, 4.69) is 15.5 Å². The van der Waals surface area contributed by atoms with Gasteiger partial charge in [-0.1, -0.05) is 0 Å². The Morgan fingerprint density at radius 2 is 2.18 bits per heavy atom. The van der Waals surface area contributed by atoms with E-state index < -0.39 is 5.60 Å². The van der Waals surface area contributed by atoms with E-state index in [4.69, 9.17) is 10.5 Å². The fraction of sp³-hybridized carbons (Fsp3) is 0.500. The summed E-state index contributed by atoms with van der Waals surface area (Å²) in [6.45, 7) is 2.37. The van der Waals surface area contributed by atoms with Gasteiger partial charge in [-0.2, -0.15) is 5.10 Å². The molecule has 1 spiro atoms. The van der Waals surface area contributed by atoms with Gasteiger partial charge in [-0.15, -0.1) is 23.7 Å². The molecule has 0 aromatic carbocycles. The van der Waals surface area contributed by atoms with Crippen molar-refractivity contribution in [2.24, 2.45) is 5.73 Å². The van der Waals surface area contributed by atoms with Crippen LogP contribution in [0.3, 0.4) is 0 Å². The molecule has 4 heterocycles. The van der Waals surface area contributed by atoms with Gasteiger partial charge in [0, 0.05) is 30.6 Å². The van der Waals surface area contributed by atoms with E-state index in [1.165, 1.54) is 4.88 Å². The zero-order valence-electron chi connectivity index (χ0n) is 15.4. The first-order chi connectivity index (χ1) is 13.1. The minimum Gasteiger partial charge on any atom is -0.370 e. The Balaban J connectivity index is 0.00000225. The van der Waals surface area contributed by atoms with Gasteiger partial charge in [-0.25, -0.2) is 0 Å². The molecule has 0 aliphatic carbocycles. The van der Waals surface area contributed by atoms with Crippen LogP contribution in [0.15, 0.2) is 18.3 Å². The molecule has 0 atom stereocenters. The lowest BCUT2D eigenvalue weighted by Crippen LogP contribution is -2.49. The maximum atomic E-state index is 12.6. The molecule has 2 amide bonds. The van der Waals surface area contributed by atoms with Crippen LogP contribution in [0.2, 0.25) is 0 Å². The Hall–Kier alpha value is -1.94. The summed E-state index contributed by atoms with van der Waals surface area (Å²) in [5.74, 6) is -0.111. The van der Waals surface area contributed by atoms with E-state index in [0.29, 0.717) is 31.1 Å². The largest absolute Gasteiger partial charge is 0.370 e. The van der Waals surface area contributed by atoms with E-state index in [9.17, 15) is 9.59 Å². The summed E-state index contributed by atoms with van der Waals surface area (Å²) in [5.41, 5.74) is 7.07. The first-order valence-electron chi connectivity index (χ1n) is 9.13. The molecule has 0 unspecified atom stereocenters. The van der Waals surface area contributed by atoms with E-state index in [-0.39, 0.29) is 30.8 Å². The number of carbonyl (C=O) groups excluding carboxylic acids is 2. The molecule has 2 aromatic rings. The first-order valence-corrected chi connectivity index (χ1v) is 9.94. The summed E-state index contributed by atoms with van der Waals surface area (Å²) in [7, 11) is 0. The highest BCUT2D eigenvalue weighted by molar-refractivity contribution is 7.14. The van der Waals surface area contributed by atoms with E-state index >= 15 is 0 Å². The number of nitrogens with two attached hydrogens (primary N) is 1. The summed E-state index contributed by atoms with van der Waals surface area (Å²) in [5, 5.41) is 9.64. The number of piperidine rings is 1. The first kappa shape index (κ1) is 20.8. The number of carbonyl (C=O) groups is 2. The number of aromatic nitrogens is 2. The van der Waals surface area contributed by atoms with Gasteiger partial charge in [0.15, 0.2) is 0 Å². The second-order valence-corrected chi connectivity index (χ2v) is 8.03. The minimum atomic E-state index is -0.392. The number of halogens is 1. The van der Waals surface area contributed by atoms with Crippen LogP contribution < -0.4 is 11.1 Å². The summed E-state index contributed by atoms with van der Waals surface area (Å²) in [4.78, 5) is 28.1. The van der Waals surface area contributed by atoms with Crippen molar-refractivity contribution in [3.05, 3.63) is 39.3 Å². The van der Waals surface area contributed by atoms with Gasteiger partial charge in [0.25, 0.3) is 5.91 Å². The second-order valence-electron chi connectivity index (χ2n) is 6.89. The van der Waals surface area contributed by atoms with E-state index in [1.54, 1.807) is 22.4 Å². The molecule has 0 radical (unpaired) electrons. The standard InChI is InChI=1S/C18H23N5O3S.ClH/c19-10-16(24)23-6-3-18(4-7-23)13-9-15(27-14(13)2-8-26-18)17(25)20-11-12-1-5-21-22-12;/h1,5,9H,2-4,6-8,10-11,19H2,(H,20,25)(H,21,22);1H. The maximum absolute atomic E-state index is 12.6. The second kappa shape index (κ2) is 8.60. The quantitative estimate of drug-likeness (QED) is 0.680. The van der Waals surface area contributed by atoms with Crippen LogP contribution in [-0.4, -0.2) is 53.2 Å². The number of ether oxygens (including phenoxy) is 1. The molecule has 4 rings (SSSR count). The van der Waals surface area contributed by atoms with Crippen molar-refractivity contribution in [2.75, 3.05) is 26.2 Å². The topological polar surface area (TPSA) is 113 Å². The predicted molar refractivity (Wildman–Crippen MR) is 108 cm³/mol. The number of hydrogen-bond acceptors (Lipinski definition) is 6. The van der Waals surface area contributed by atoms with Gasteiger partial charge >= 0.3 is 0 Å². The van der Waals surface area contributed by atoms with Crippen molar-refractivity contribution < 1.29 is 14.3 Å². The number of nitrogens with zero attached hydrogens (tertiary/aromatic N) is 2. The molecule has 1 saturated heterocycles. The molecule has 10 heteroatoms. The number of aromatic amines is 1. The third kappa shape index (κ3) is 3.93. The van der Waals surface area contributed by atoms with Crippen molar-refractivity contribution in [2.45, 2.75) is 31.4 Å². The average Bonchev–Trinajstić information content (AvgIpc) is 3.36. The highest BCUT2D eigenvalue weighted by Gasteiger charge is 2.43. The Labute approximate surface area is 173 Å². The third-order valence-electron chi connectivity index (χ3n) is 5.33. The predicted octanol–water partition coefficient (Wildman–Crippen LogP) is 1.17. The molecule has 4 N–H and O–H groups in total. The van der Waals surface area contributed by atoms with Crippen molar-refractivity contribution in [3.8, 4) is 0 Å². The molecule has 28 heavy (non-hydrogen) atoms. The lowest BCUT2D eigenvalue weighted by molar-refractivity contribution is -0.139. The molecule has 2 aliphatic heterocycles. The van der Waals surface area contributed by atoms with Crippen LogP contribution in [-0.2, 0) is 28.1 Å². The van der Waals surface area contributed by atoms with Gasteiger partial charge < -0.3 is 20.7 Å². The van der Waals surface area contributed by atoms with E-state index in [1.807, 2.05) is 12.1 Å². The molecule has 1 fully saturated rings. The Kier molecular flexibility index (Phi) is 6.39. The number of H-pyrrole nitrogens is 1. The van der Waals surface area contributed by atoms with Crippen molar-refractivity contribution in [3.63, 3.8) is 0 Å². The molecule has 2 aromatic heterocycles. The molecule has 152 valence electrons. The summed E-state index contributed by atoms with van der Waals surface area (Å²) in [6.07, 6.45) is 3.95. The highest BCUT2D eigenvalue weighted by Crippen LogP contribution is 2.44. The monoisotopic (exact) mass is 425 g/mol. The molecular weight excluding hydrogens is 402 g/mol. The maximum Gasteiger partial charge on any atom is 0.261 e. The normalized spacial score (nSPS) is 17.7. The lowest BCUT2D eigenvalue weighted by Gasteiger charge is -2.44. The molecule has 0 bridgehead atoms. The average molecular weight is 426 g/mol. The fourth-order valence-electron chi connectivity index (χ4n) is 3.83. The van der Waals surface area contributed by atoms with Crippen LogP contribution >= 0.6 is 23.7 Å².